The third-order valence-corrected chi connectivity index (χ3v) is 3.08. The maximum atomic E-state index is 11.7. The highest BCUT2D eigenvalue weighted by Crippen LogP contribution is 1.96. The molecule has 21 heavy (non-hydrogen) atoms. The number of methoxy groups -OCH3 is 1. The summed E-state index contributed by atoms with van der Waals surface area (Å²) in [6, 6.07) is 0. The second-order valence-electron chi connectivity index (χ2n) is 4.82. The van der Waals surface area contributed by atoms with Crippen LogP contribution in [0.5, 0.6) is 0 Å². The molecule has 0 saturated carbocycles. The van der Waals surface area contributed by atoms with Gasteiger partial charge in [0.25, 0.3) is 0 Å². The van der Waals surface area contributed by atoms with Gasteiger partial charge in [-0.05, 0) is 19.5 Å². The molecule has 0 radical (unpaired) electrons. The van der Waals surface area contributed by atoms with Gasteiger partial charge < -0.3 is 24.3 Å². The van der Waals surface area contributed by atoms with Crippen LogP contribution in [-0.2, 0) is 23.7 Å². The van der Waals surface area contributed by atoms with E-state index in [0.717, 1.165) is 32.6 Å². The lowest BCUT2D eigenvalue weighted by molar-refractivity contribution is -0.146. The minimum Gasteiger partial charge on any atom is -0.462 e. The minimum atomic E-state index is -0.183. The first kappa shape index (κ1) is 18.3. The molecular weight excluding hydrogens is 276 g/mol. The summed E-state index contributed by atoms with van der Waals surface area (Å²) in [5.74, 6) is -0.183. The molecule has 0 aromatic carbocycles. The molecular formula is C14H28N2O5. The monoisotopic (exact) mass is 304 g/mol. The Labute approximate surface area is 126 Å². The summed E-state index contributed by atoms with van der Waals surface area (Å²) in [5.41, 5.74) is 0. The van der Waals surface area contributed by atoms with E-state index >= 15 is 0 Å². The molecule has 7 nitrogen and oxygen atoms in total. The molecule has 0 bridgehead atoms. The van der Waals surface area contributed by atoms with Gasteiger partial charge in [-0.3, -0.25) is 9.69 Å². The summed E-state index contributed by atoms with van der Waals surface area (Å²) in [5, 5.41) is 3.30. The molecule has 1 fully saturated rings. The Bertz CT molecular complexity index is 258. The van der Waals surface area contributed by atoms with E-state index in [4.69, 9.17) is 18.9 Å². The number of hydrogen-bond acceptors (Lipinski definition) is 7. The number of rotatable bonds is 11. The van der Waals surface area contributed by atoms with Crippen LogP contribution in [0.2, 0.25) is 0 Å². The van der Waals surface area contributed by atoms with Crippen LogP contribution in [0.15, 0.2) is 0 Å². The molecule has 124 valence electrons. The van der Waals surface area contributed by atoms with E-state index in [9.17, 15) is 4.79 Å². The summed E-state index contributed by atoms with van der Waals surface area (Å²) in [6.07, 6.45) is 1.07. The van der Waals surface area contributed by atoms with Crippen molar-refractivity contribution < 1.29 is 23.7 Å². The van der Waals surface area contributed by atoms with E-state index in [1.807, 2.05) is 0 Å². The fourth-order valence-electron chi connectivity index (χ4n) is 1.97. The molecule has 0 aromatic rings. The number of nitrogens with one attached hydrogen (secondary N) is 1. The molecule has 1 aliphatic heterocycles. The summed E-state index contributed by atoms with van der Waals surface area (Å²) >= 11 is 0. The van der Waals surface area contributed by atoms with Crippen LogP contribution in [0.3, 0.4) is 0 Å². The van der Waals surface area contributed by atoms with Gasteiger partial charge in [0.05, 0.1) is 39.6 Å². The molecule has 0 spiro atoms. The summed E-state index contributed by atoms with van der Waals surface area (Å²) in [7, 11) is 1.64. The summed E-state index contributed by atoms with van der Waals surface area (Å²) in [4.78, 5) is 13.8. The quantitative estimate of drug-likeness (QED) is 0.408. The molecule has 0 aromatic heterocycles. The van der Waals surface area contributed by atoms with E-state index in [1.54, 1.807) is 7.11 Å². The highest BCUT2D eigenvalue weighted by molar-refractivity contribution is 5.71. The first-order valence-electron chi connectivity index (χ1n) is 7.56. The zero-order chi connectivity index (χ0) is 15.2. The zero-order valence-electron chi connectivity index (χ0n) is 13.0. The molecule has 1 rings (SSSR count). The Balaban J connectivity index is 1.88. The van der Waals surface area contributed by atoms with Crippen molar-refractivity contribution in [2.24, 2.45) is 0 Å². The van der Waals surface area contributed by atoms with Crippen LogP contribution < -0.4 is 5.32 Å². The normalized spacial score (nSPS) is 16.6. The lowest BCUT2D eigenvalue weighted by atomic mass is 10.4. The molecule has 0 atom stereocenters. The number of nitrogens with zero attached hydrogens (tertiary/aromatic N) is 1. The van der Waals surface area contributed by atoms with Gasteiger partial charge in [0.1, 0.15) is 6.61 Å². The predicted molar refractivity (Wildman–Crippen MR) is 78.4 cm³/mol. The Morgan fingerprint density at radius 2 is 1.71 bits per heavy atom. The van der Waals surface area contributed by atoms with Crippen molar-refractivity contribution in [3.8, 4) is 0 Å². The van der Waals surface area contributed by atoms with E-state index in [0.29, 0.717) is 46.2 Å². The van der Waals surface area contributed by atoms with Crippen LogP contribution in [0, 0.1) is 0 Å². The Kier molecular flexibility index (Phi) is 11.3. The SMILES string of the molecule is COCCOCCOCCOC(=O)CN1CCCNCC1. The predicted octanol–water partition coefficient (Wildman–Crippen LogP) is -0.495. The molecule has 0 aliphatic carbocycles. The third-order valence-electron chi connectivity index (χ3n) is 3.08. The van der Waals surface area contributed by atoms with Gasteiger partial charge in [-0.15, -0.1) is 0 Å². The van der Waals surface area contributed by atoms with Gasteiger partial charge in [-0.2, -0.15) is 0 Å². The number of ether oxygens (including phenoxy) is 4. The molecule has 1 saturated heterocycles. The van der Waals surface area contributed by atoms with E-state index in [-0.39, 0.29) is 5.97 Å². The smallest absolute Gasteiger partial charge is 0.320 e. The van der Waals surface area contributed by atoms with Gasteiger partial charge in [0.2, 0.25) is 0 Å². The summed E-state index contributed by atoms with van der Waals surface area (Å²) < 4.78 is 20.5. The van der Waals surface area contributed by atoms with Crippen LogP contribution in [0.4, 0.5) is 0 Å². The Morgan fingerprint density at radius 3 is 2.48 bits per heavy atom. The fraction of sp³-hybridized carbons (Fsp3) is 0.929. The number of carbonyl (C=O) groups is 1. The number of carbonyl (C=O) groups excluding carboxylic acids is 1. The second-order valence-corrected chi connectivity index (χ2v) is 4.82. The van der Waals surface area contributed by atoms with E-state index in [2.05, 4.69) is 10.2 Å². The Hall–Kier alpha value is -0.730. The highest BCUT2D eigenvalue weighted by Gasteiger charge is 2.13. The molecule has 1 aliphatic rings. The van der Waals surface area contributed by atoms with Crippen LogP contribution >= 0.6 is 0 Å². The zero-order valence-corrected chi connectivity index (χ0v) is 13.0. The summed E-state index contributed by atoms with van der Waals surface area (Å²) in [6.45, 7) is 7.03. The molecule has 0 unspecified atom stereocenters. The lowest BCUT2D eigenvalue weighted by Crippen LogP contribution is -2.34. The van der Waals surface area contributed by atoms with E-state index < -0.39 is 0 Å². The van der Waals surface area contributed by atoms with Crippen molar-refractivity contribution in [1.82, 2.24) is 10.2 Å². The van der Waals surface area contributed by atoms with E-state index in [1.165, 1.54) is 0 Å². The fourth-order valence-corrected chi connectivity index (χ4v) is 1.97. The van der Waals surface area contributed by atoms with Crippen molar-refractivity contribution in [2.75, 3.05) is 79.5 Å². The molecule has 7 heteroatoms. The highest BCUT2D eigenvalue weighted by atomic mass is 16.6. The van der Waals surface area contributed by atoms with Gasteiger partial charge >= 0.3 is 5.97 Å². The van der Waals surface area contributed by atoms with Crippen LogP contribution in [-0.4, -0.2) is 90.3 Å². The topological polar surface area (TPSA) is 69.3 Å². The van der Waals surface area contributed by atoms with Gasteiger partial charge in [-0.25, -0.2) is 0 Å². The molecule has 0 amide bonds. The second kappa shape index (κ2) is 13.0. The average Bonchev–Trinajstić information content (AvgIpc) is 2.74. The third kappa shape index (κ3) is 10.6. The minimum absolute atomic E-state index is 0.183. The number of hydrogen-bond donors (Lipinski definition) is 1. The van der Waals surface area contributed by atoms with Crippen molar-refractivity contribution in [1.29, 1.82) is 0 Å². The average molecular weight is 304 g/mol. The standard InChI is InChI=1S/C14H28N2O5/c1-18-7-8-19-9-10-20-11-12-21-14(17)13-16-5-2-3-15-4-6-16/h15H,2-13H2,1H3. The lowest BCUT2D eigenvalue weighted by Gasteiger charge is -2.18. The largest absolute Gasteiger partial charge is 0.462 e. The van der Waals surface area contributed by atoms with Gasteiger partial charge in [0, 0.05) is 20.2 Å². The van der Waals surface area contributed by atoms with Crippen LogP contribution in [0.1, 0.15) is 6.42 Å². The Morgan fingerprint density at radius 1 is 1.00 bits per heavy atom. The van der Waals surface area contributed by atoms with Crippen LogP contribution in [0.25, 0.3) is 0 Å². The molecule has 1 N–H and O–H groups in total. The first-order chi connectivity index (χ1) is 10.3. The van der Waals surface area contributed by atoms with Crippen molar-refractivity contribution in [3.63, 3.8) is 0 Å². The van der Waals surface area contributed by atoms with Crippen molar-refractivity contribution >= 4 is 5.97 Å². The maximum Gasteiger partial charge on any atom is 0.320 e. The van der Waals surface area contributed by atoms with Gasteiger partial charge in [0.15, 0.2) is 0 Å². The number of esters is 1. The molecule has 1 heterocycles. The van der Waals surface area contributed by atoms with Gasteiger partial charge in [-0.1, -0.05) is 0 Å². The van der Waals surface area contributed by atoms with Crippen molar-refractivity contribution in [3.05, 3.63) is 0 Å². The van der Waals surface area contributed by atoms with Crippen molar-refractivity contribution in [2.45, 2.75) is 6.42 Å². The first-order valence-corrected chi connectivity index (χ1v) is 7.56. The maximum absolute atomic E-state index is 11.7.